The van der Waals surface area contributed by atoms with E-state index in [4.69, 9.17) is 5.73 Å². The molecular weight excluding hydrogens is 256 g/mol. The van der Waals surface area contributed by atoms with E-state index in [0.29, 0.717) is 5.41 Å². The molecule has 1 heterocycles. The summed E-state index contributed by atoms with van der Waals surface area (Å²) in [7, 11) is 0. The minimum Gasteiger partial charge on any atom is -0.368 e. The summed E-state index contributed by atoms with van der Waals surface area (Å²) in [5, 5.41) is 3.35. The lowest BCUT2D eigenvalue weighted by molar-refractivity contribution is 0.500. The third-order valence-corrected chi connectivity index (χ3v) is 3.51. The molecule has 0 radical (unpaired) electrons. The fourth-order valence-corrected chi connectivity index (χ4v) is 2.07. The Kier molecular flexibility index (Phi) is 3.21. The third kappa shape index (κ3) is 2.66. The van der Waals surface area contributed by atoms with Gasteiger partial charge in [0.1, 0.15) is 12.1 Å². The quantitative estimate of drug-likeness (QED) is 0.856. The van der Waals surface area contributed by atoms with Gasteiger partial charge in [0, 0.05) is 12.7 Å². The van der Waals surface area contributed by atoms with Crippen molar-refractivity contribution in [1.29, 1.82) is 0 Å². The second kappa shape index (κ2) is 4.45. The molecule has 1 aliphatic carbocycles. The minimum atomic E-state index is 0.430. The molecule has 1 aliphatic rings. The summed E-state index contributed by atoms with van der Waals surface area (Å²) in [6, 6.07) is 0. The van der Waals surface area contributed by atoms with Crippen LogP contribution < -0.4 is 11.1 Å². The Bertz CT molecular complexity index is 338. The second-order valence-electron chi connectivity index (χ2n) is 4.11. The largest absolute Gasteiger partial charge is 0.368 e. The van der Waals surface area contributed by atoms with Crippen LogP contribution in [0.15, 0.2) is 17.0 Å². The van der Waals surface area contributed by atoms with Crippen LogP contribution in [0.4, 0.5) is 5.82 Å². The predicted octanol–water partition coefficient (Wildman–Crippen LogP) is 1.78. The number of hydrogen-bond donors (Lipinski definition) is 2. The Labute approximate surface area is 97.8 Å². The summed E-state index contributed by atoms with van der Waals surface area (Å²) in [5.74, 6) is 0.869. The predicted molar refractivity (Wildman–Crippen MR) is 63.6 cm³/mol. The molecule has 82 valence electrons. The first-order valence-electron chi connectivity index (χ1n) is 5.15. The number of nitrogens with one attached hydrogen (secondary N) is 1. The first-order valence-corrected chi connectivity index (χ1v) is 5.94. The first-order chi connectivity index (χ1) is 7.26. The van der Waals surface area contributed by atoms with E-state index in [1.165, 1.54) is 12.8 Å². The van der Waals surface area contributed by atoms with Crippen LogP contribution in [-0.4, -0.2) is 23.1 Å². The van der Waals surface area contributed by atoms with E-state index >= 15 is 0 Å². The highest BCUT2D eigenvalue weighted by Crippen LogP contribution is 2.48. The van der Waals surface area contributed by atoms with Crippen LogP contribution in [0.2, 0.25) is 0 Å². The van der Waals surface area contributed by atoms with Gasteiger partial charge in [-0.1, -0.05) is 0 Å². The molecule has 0 amide bonds. The Hall–Kier alpha value is -0.680. The lowest BCUT2D eigenvalue weighted by Gasteiger charge is -2.15. The van der Waals surface area contributed by atoms with Crippen LogP contribution in [0.25, 0.3) is 0 Å². The monoisotopic (exact) mass is 270 g/mol. The van der Waals surface area contributed by atoms with Crippen LogP contribution in [0.3, 0.4) is 0 Å². The summed E-state index contributed by atoms with van der Waals surface area (Å²) in [6.07, 6.45) is 6.95. The summed E-state index contributed by atoms with van der Waals surface area (Å²) in [6.45, 7) is 1.73. The van der Waals surface area contributed by atoms with Crippen molar-refractivity contribution in [3.05, 3.63) is 17.0 Å². The number of hydrogen-bond acceptors (Lipinski definition) is 4. The number of aromatic nitrogens is 2. The number of halogens is 1. The molecule has 0 atom stereocenters. The average Bonchev–Trinajstić information content (AvgIpc) is 2.98. The Morgan fingerprint density at radius 1 is 1.53 bits per heavy atom. The molecule has 1 aromatic heterocycles. The average molecular weight is 271 g/mol. The maximum absolute atomic E-state index is 5.59. The van der Waals surface area contributed by atoms with Crippen molar-refractivity contribution in [3.8, 4) is 0 Å². The molecule has 4 nitrogen and oxygen atoms in total. The van der Waals surface area contributed by atoms with Gasteiger partial charge >= 0.3 is 0 Å². The minimum absolute atomic E-state index is 0.430. The molecule has 3 N–H and O–H groups in total. The van der Waals surface area contributed by atoms with Gasteiger partial charge in [-0.3, -0.25) is 0 Å². The zero-order chi connectivity index (χ0) is 10.7. The zero-order valence-corrected chi connectivity index (χ0v) is 10.1. The molecule has 5 heteroatoms. The van der Waals surface area contributed by atoms with E-state index in [2.05, 4.69) is 31.2 Å². The molecule has 0 unspecified atom stereocenters. The summed E-state index contributed by atoms with van der Waals surface area (Å²) in [5.41, 5.74) is 6.02. The van der Waals surface area contributed by atoms with Crippen molar-refractivity contribution in [2.75, 3.05) is 18.4 Å². The van der Waals surface area contributed by atoms with E-state index in [-0.39, 0.29) is 0 Å². The molecular formula is C10H15BrN4. The highest BCUT2D eigenvalue weighted by atomic mass is 79.9. The van der Waals surface area contributed by atoms with E-state index in [1.807, 2.05) is 0 Å². The Morgan fingerprint density at radius 2 is 2.33 bits per heavy atom. The number of nitrogens with zero attached hydrogens (tertiary/aromatic N) is 2. The Morgan fingerprint density at radius 3 is 2.93 bits per heavy atom. The van der Waals surface area contributed by atoms with Crippen molar-refractivity contribution < 1.29 is 0 Å². The second-order valence-corrected chi connectivity index (χ2v) is 4.97. The molecule has 0 saturated heterocycles. The van der Waals surface area contributed by atoms with Crippen molar-refractivity contribution in [2.24, 2.45) is 11.1 Å². The van der Waals surface area contributed by atoms with Crippen LogP contribution >= 0.6 is 15.9 Å². The lowest BCUT2D eigenvalue weighted by Crippen LogP contribution is -2.19. The van der Waals surface area contributed by atoms with Gasteiger partial charge in [0.05, 0.1) is 4.47 Å². The van der Waals surface area contributed by atoms with E-state index in [1.54, 1.807) is 12.5 Å². The van der Waals surface area contributed by atoms with Gasteiger partial charge in [-0.25, -0.2) is 9.97 Å². The molecule has 1 fully saturated rings. The van der Waals surface area contributed by atoms with Crippen molar-refractivity contribution in [2.45, 2.75) is 19.3 Å². The lowest BCUT2D eigenvalue weighted by atomic mass is 10.0. The zero-order valence-electron chi connectivity index (χ0n) is 8.54. The van der Waals surface area contributed by atoms with Gasteiger partial charge in [-0.2, -0.15) is 0 Å². The highest BCUT2D eigenvalue weighted by molar-refractivity contribution is 9.10. The van der Waals surface area contributed by atoms with Crippen molar-refractivity contribution in [1.82, 2.24) is 9.97 Å². The van der Waals surface area contributed by atoms with Gasteiger partial charge < -0.3 is 11.1 Å². The van der Waals surface area contributed by atoms with Gasteiger partial charge in [-0.05, 0) is 47.2 Å². The van der Waals surface area contributed by atoms with Gasteiger partial charge in [-0.15, -0.1) is 0 Å². The first kappa shape index (κ1) is 10.8. The fourth-order valence-electron chi connectivity index (χ4n) is 1.71. The van der Waals surface area contributed by atoms with E-state index < -0.39 is 0 Å². The van der Waals surface area contributed by atoms with Crippen LogP contribution in [-0.2, 0) is 0 Å². The molecule has 1 saturated carbocycles. The normalized spacial score (nSPS) is 17.5. The molecule has 0 aromatic carbocycles. The van der Waals surface area contributed by atoms with Crippen LogP contribution in [0.1, 0.15) is 19.3 Å². The Balaban J connectivity index is 1.91. The summed E-state index contributed by atoms with van der Waals surface area (Å²) >= 11 is 3.41. The molecule has 0 bridgehead atoms. The number of anilines is 1. The summed E-state index contributed by atoms with van der Waals surface area (Å²) in [4.78, 5) is 8.09. The van der Waals surface area contributed by atoms with Gasteiger partial charge in [0.15, 0.2) is 0 Å². The number of nitrogens with two attached hydrogens (primary N) is 1. The fraction of sp³-hybridized carbons (Fsp3) is 0.600. The summed E-state index contributed by atoms with van der Waals surface area (Å²) < 4.78 is 0.911. The van der Waals surface area contributed by atoms with E-state index in [0.717, 1.165) is 29.8 Å². The molecule has 15 heavy (non-hydrogen) atoms. The third-order valence-electron chi connectivity index (χ3n) is 2.93. The standard InChI is InChI=1S/C10H15BrN4/c11-8-5-13-7-15-9(8)14-6-10(1-2-10)3-4-12/h5,7H,1-4,6,12H2,(H,13,14,15). The number of rotatable bonds is 5. The van der Waals surface area contributed by atoms with Crippen molar-refractivity contribution >= 4 is 21.7 Å². The molecule has 2 rings (SSSR count). The molecule has 1 aromatic rings. The maximum Gasteiger partial charge on any atom is 0.143 e. The van der Waals surface area contributed by atoms with Gasteiger partial charge in [0.25, 0.3) is 0 Å². The maximum atomic E-state index is 5.59. The topological polar surface area (TPSA) is 63.8 Å². The SMILES string of the molecule is NCCC1(CNc2ncncc2Br)CC1. The van der Waals surface area contributed by atoms with Crippen LogP contribution in [0, 0.1) is 5.41 Å². The van der Waals surface area contributed by atoms with E-state index in [9.17, 15) is 0 Å². The van der Waals surface area contributed by atoms with Gasteiger partial charge in [0.2, 0.25) is 0 Å². The highest BCUT2D eigenvalue weighted by Gasteiger charge is 2.41. The van der Waals surface area contributed by atoms with Crippen molar-refractivity contribution in [3.63, 3.8) is 0 Å². The molecule has 0 aliphatic heterocycles. The smallest absolute Gasteiger partial charge is 0.143 e. The molecule has 0 spiro atoms. The van der Waals surface area contributed by atoms with Crippen LogP contribution in [0.5, 0.6) is 0 Å².